The molecule has 7 heteroatoms. The lowest BCUT2D eigenvalue weighted by molar-refractivity contribution is 0.620. The molecule has 0 bridgehead atoms. The van der Waals surface area contributed by atoms with E-state index in [9.17, 15) is 0 Å². The molecule has 0 aliphatic carbocycles. The highest BCUT2D eigenvalue weighted by Crippen LogP contribution is 2.41. The van der Waals surface area contributed by atoms with Crippen LogP contribution in [0.4, 0.5) is 0 Å². The SMILES string of the molecule is c1ccc(-c2nc(-c3ccc4nc(-c5ccccc5)oc4c3)nc(-n3c4ccccc4c4ccc5c6ccccc6n(-c6ccccc6)c5c43)n2)cc1. The van der Waals surface area contributed by atoms with Crippen LogP contribution in [0.2, 0.25) is 0 Å². The standard InChI is InChI=1S/C46H28N6O/c1-4-14-29(15-5-1)43-48-44(31-24-27-37-40(28-31)53-45(47-37)30-16-6-2-7-17-30)50-46(49-43)52-39-23-13-11-21-34(39)36-26-25-35-33-20-10-12-22-38(33)51(41(35)42(36)52)32-18-8-3-9-19-32/h1-28H. The van der Waals surface area contributed by atoms with Crippen molar-refractivity contribution in [2.75, 3.05) is 0 Å². The van der Waals surface area contributed by atoms with Gasteiger partial charge in [0, 0.05) is 43.9 Å². The Morgan fingerprint density at radius 2 is 0.943 bits per heavy atom. The van der Waals surface area contributed by atoms with Crippen LogP contribution in [-0.4, -0.2) is 29.1 Å². The first-order valence-electron chi connectivity index (χ1n) is 17.6. The average Bonchev–Trinajstić information content (AvgIpc) is 3.92. The van der Waals surface area contributed by atoms with E-state index in [0.29, 0.717) is 29.1 Å². The second-order valence-corrected chi connectivity index (χ2v) is 13.1. The minimum atomic E-state index is 0.528. The summed E-state index contributed by atoms with van der Waals surface area (Å²) in [5.74, 6) is 2.22. The number of oxazole rings is 1. The van der Waals surface area contributed by atoms with E-state index in [1.165, 1.54) is 5.39 Å². The fraction of sp³-hybridized carbons (Fsp3) is 0. The molecule has 0 spiro atoms. The van der Waals surface area contributed by atoms with Crippen LogP contribution in [0.3, 0.4) is 0 Å². The fourth-order valence-corrected chi connectivity index (χ4v) is 7.63. The number of hydrogen-bond acceptors (Lipinski definition) is 5. The minimum Gasteiger partial charge on any atom is -0.436 e. The summed E-state index contributed by atoms with van der Waals surface area (Å²) in [6, 6.07) is 58.1. The van der Waals surface area contributed by atoms with Gasteiger partial charge < -0.3 is 8.98 Å². The summed E-state index contributed by atoms with van der Waals surface area (Å²) in [6.45, 7) is 0. The highest BCUT2D eigenvalue weighted by atomic mass is 16.3. The van der Waals surface area contributed by atoms with E-state index in [-0.39, 0.29) is 0 Å². The molecule has 0 fully saturated rings. The molecule has 4 aromatic heterocycles. The molecule has 248 valence electrons. The number of rotatable bonds is 5. The predicted octanol–water partition coefficient (Wildman–Crippen LogP) is 11.2. The maximum absolute atomic E-state index is 6.29. The van der Waals surface area contributed by atoms with E-state index in [2.05, 4.69) is 100 Å². The van der Waals surface area contributed by atoms with Gasteiger partial charge >= 0.3 is 0 Å². The molecule has 4 heterocycles. The molecule has 0 radical (unpaired) electrons. The number of aromatic nitrogens is 6. The first-order chi connectivity index (χ1) is 26.3. The molecular formula is C46H28N6O. The smallest absolute Gasteiger partial charge is 0.238 e. The normalized spacial score (nSPS) is 11.8. The molecule has 11 aromatic rings. The van der Waals surface area contributed by atoms with E-state index < -0.39 is 0 Å². The Balaban J connectivity index is 1.23. The molecule has 11 rings (SSSR count). The zero-order valence-corrected chi connectivity index (χ0v) is 28.3. The van der Waals surface area contributed by atoms with Gasteiger partial charge in [-0.05, 0) is 54.6 Å². The lowest BCUT2D eigenvalue weighted by atomic mass is 10.1. The van der Waals surface area contributed by atoms with Crippen molar-refractivity contribution in [1.82, 2.24) is 29.1 Å². The molecule has 0 saturated heterocycles. The molecule has 53 heavy (non-hydrogen) atoms. The Bertz CT molecular complexity index is 3160. The van der Waals surface area contributed by atoms with Crippen LogP contribution in [0.1, 0.15) is 0 Å². The number of hydrogen-bond donors (Lipinski definition) is 0. The molecule has 0 atom stereocenters. The Hall–Kier alpha value is -7.38. The molecule has 7 nitrogen and oxygen atoms in total. The first-order valence-corrected chi connectivity index (χ1v) is 17.6. The maximum atomic E-state index is 6.29. The quantitative estimate of drug-likeness (QED) is 0.181. The van der Waals surface area contributed by atoms with Crippen molar-refractivity contribution in [2.24, 2.45) is 0 Å². The van der Waals surface area contributed by atoms with Gasteiger partial charge in [-0.15, -0.1) is 0 Å². The van der Waals surface area contributed by atoms with Crippen molar-refractivity contribution in [2.45, 2.75) is 0 Å². The lowest BCUT2D eigenvalue weighted by Crippen LogP contribution is -2.07. The second kappa shape index (κ2) is 11.6. The maximum Gasteiger partial charge on any atom is 0.238 e. The molecular weight excluding hydrogens is 653 g/mol. The second-order valence-electron chi connectivity index (χ2n) is 13.1. The number of nitrogens with zero attached hydrogens (tertiary/aromatic N) is 6. The zero-order valence-electron chi connectivity index (χ0n) is 28.3. The predicted molar refractivity (Wildman–Crippen MR) is 212 cm³/mol. The van der Waals surface area contributed by atoms with Gasteiger partial charge in [-0.2, -0.15) is 9.97 Å². The first kappa shape index (κ1) is 29.4. The van der Waals surface area contributed by atoms with Crippen LogP contribution in [0.15, 0.2) is 174 Å². The van der Waals surface area contributed by atoms with Crippen molar-refractivity contribution in [3.8, 4) is 45.9 Å². The highest BCUT2D eigenvalue weighted by molar-refractivity contribution is 6.23. The summed E-state index contributed by atoms with van der Waals surface area (Å²) in [4.78, 5) is 20.4. The fourth-order valence-electron chi connectivity index (χ4n) is 7.63. The van der Waals surface area contributed by atoms with Crippen LogP contribution >= 0.6 is 0 Å². The monoisotopic (exact) mass is 680 g/mol. The van der Waals surface area contributed by atoms with Gasteiger partial charge in [0.1, 0.15) is 5.52 Å². The Morgan fingerprint density at radius 3 is 1.62 bits per heavy atom. The van der Waals surface area contributed by atoms with Crippen LogP contribution < -0.4 is 0 Å². The molecule has 0 amide bonds. The van der Waals surface area contributed by atoms with E-state index in [1.807, 2.05) is 78.9 Å². The van der Waals surface area contributed by atoms with Crippen molar-refractivity contribution >= 4 is 54.7 Å². The summed E-state index contributed by atoms with van der Waals surface area (Å²) in [5.41, 5.74) is 9.39. The van der Waals surface area contributed by atoms with Gasteiger partial charge in [0.05, 0.1) is 22.1 Å². The number of fused-ring (bicyclic) bond motifs is 8. The highest BCUT2D eigenvalue weighted by Gasteiger charge is 2.23. The number of para-hydroxylation sites is 3. The molecule has 0 aliphatic rings. The summed E-state index contributed by atoms with van der Waals surface area (Å²) >= 11 is 0. The minimum absolute atomic E-state index is 0.528. The van der Waals surface area contributed by atoms with Crippen molar-refractivity contribution < 1.29 is 4.42 Å². The van der Waals surface area contributed by atoms with Gasteiger partial charge in [-0.25, -0.2) is 9.97 Å². The zero-order chi connectivity index (χ0) is 34.9. The van der Waals surface area contributed by atoms with Gasteiger partial charge in [-0.3, -0.25) is 4.57 Å². The number of benzene rings is 7. The van der Waals surface area contributed by atoms with Gasteiger partial charge in [0.2, 0.25) is 11.8 Å². The van der Waals surface area contributed by atoms with Crippen LogP contribution in [-0.2, 0) is 0 Å². The lowest BCUT2D eigenvalue weighted by Gasteiger charge is -2.13. The van der Waals surface area contributed by atoms with Crippen LogP contribution in [0, 0.1) is 0 Å². The van der Waals surface area contributed by atoms with Crippen molar-refractivity contribution in [1.29, 1.82) is 0 Å². The third-order valence-electron chi connectivity index (χ3n) is 10.0. The molecule has 7 aromatic carbocycles. The summed E-state index contributed by atoms with van der Waals surface area (Å²) in [5, 5.41) is 4.58. The van der Waals surface area contributed by atoms with Crippen LogP contribution in [0.5, 0.6) is 0 Å². The summed E-state index contributed by atoms with van der Waals surface area (Å²) in [6.07, 6.45) is 0. The molecule has 0 aliphatic heterocycles. The largest absolute Gasteiger partial charge is 0.436 e. The van der Waals surface area contributed by atoms with Crippen LogP contribution in [0.25, 0.3) is 101 Å². The van der Waals surface area contributed by atoms with Gasteiger partial charge in [0.25, 0.3) is 0 Å². The van der Waals surface area contributed by atoms with E-state index in [4.69, 9.17) is 24.4 Å². The Kier molecular flexibility index (Phi) is 6.42. The van der Waals surface area contributed by atoms with Crippen molar-refractivity contribution in [3.05, 3.63) is 170 Å². The van der Waals surface area contributed by atoms with E-state index in [0.717, 1.165) is 66.1 Å². The molecule has 0 unspecified atom stereocenters. The summed E-state index contributed by atoms with van der Waals surface area (Å²) in [7, 11) is 0. The Labute approximate surface area is 303 Å². The van der Waals surface area contributed by atoms with E-state index in [1.54, 1.807) is 0 Å². The van der Waals surface area contributed by atoms with E-state index >= 15 is 0 Å². The molecule has 0 N–H and O–H groups in total. The average molecular weight is 681 g/mol. The molecule has 0 saturated carbocycles. The van der Waals surface area contributed by atoms with Crippen molar-refractivity contribution in [3.63, 3.8) is 0 Å². The summed E-state index contributed by atoms with van der Waals surface area (Å²) < 4.78 is 10.9. The Morgan fingerprint density at radius 1 is 0.396 bits per heavy atom. The third-order valence-corrected chi connectivity index (χ3v) is 10.0. The third kappa shape index (κ3) is 4.61. The van der Waals surface area contributed by atoms with Gasteiger partial charge in [0.15, 0.2) is 17.2 Å². The topological polar surface area (TPSA) is 74.6 Å². The van der Waals surface area contributed by atoms with Gasteiger partial charge in [-0.1, -0.05) is 115 Å².